The van der Waals surface area contributed by atoms with Gasteiger partial charge in [-0.15, -0.1) is 12.4 Å². The molecule has 1 aromatic rings. The van der Waals surface area contributed by atoms with Gasteiger partial charge in [0.1, 0.15) is 5.75 Å². The fourth-order valence-electron chi connectivity index (χ4n) is 2.13. The zero-order valence-electron chi connectivity index (χ0n) is 11.8. The molecular weight excluding hydrogens is 335 g/mol. The van der Waals surface area contributed by atoms with Crippen LogP contribution in [0, 0.1) is 0 Å². The Morgan fingerprint density at radius 1 is 1.33 bits per heavy atom. The molecule has 1 saturated heterocycles. The number of hydrogen-bond acceptors (Lipinski definition) is 3. The molecule has 1 heterocycles. The minimum Gasteiger partial charge on any atom is -0.479 e. The van der Waals surface area contributed by atoms with Crippen molar-refractivity contribution in [1.29, 1.82) is 0 Å². The van der Waals surface area contributed by atoms with Gasteiger partial charge < -0.3 is 15.0 Å². The van der Waals surface area contributed by atoms with Gasteiger partial charge in [-0.05, 0) is 38.1 Å². The molecule has 0 saturated carbocycles. The van der Waals surface area contributed by atoms with Crippen molar-refractivity contribution in [2.75, 3.05) is 26.2 Å². The third-order valence-corrected chi connectivity index (χ3v) is 3.73. The molecule has 1 atom stereocenters. The first-order chi connectivity index (χ1) is 9.58. The molecule has 4 nitrogen and oxygen atoms in total. The van der Waals surface area contributed by atoms with E-state index >= 15 is 0 Å². The number of carbonyl (C=O) groups excluding carboxylic acids is 1. The number of carbonyl (C=O) groups is 1. The maximum absolute atomic E-state index is 12.3. The molecule has 1 fully saturated rings. The van der Waals surface area contributed by atoms with E-state index in [0.717, 1.165) is 26.1 Å². The fourth-order valence-corrected chi connectivity index (χ4v) is 2.59. The third kappa shape index (κ3) is 5.22. The summed E-state index contributed by atoms with van der Waals surface area (Å²) in [7, 11) is 0. The average molecular weight is 354 g/mol. The molecule has 0 aliphatic carbocycles. The largest absolute Gasteiger partial charge is 0.479 e. The number of nitrogens with one attached hydrogen (secondary N) is 1. The van der Waals surface area contributed by atoms with Crippen molar-refractivity contribution < 1.29 is 9.53 Å². The van der Waals surface area contributed by atoms with Crippen LogP contribution >= 0.6 is 35.6 Å². The van der Waals surface area contributed by atoms with E-state index < -0.39 is 6.10 Å². The normalized spacial score (nSPS) is 16.6. The molecule has 1 aliphatic heterocycles. The summed E-state index contributed by atoms with van der Waals surface area (Å²) in [6, 6.07) is 4.97. The number of rotatable bonds is 3. The first-order valence-corrected chi connectivity index (χ1v) is 7.45. The van der Waals surface area contributed by atoms with Gasteiger partial charge in [0.05, 0.1) is 5.02 Å². The van der Waals surface area contributed by atoms with Crippen molar-refractivity contribution in [3.05, 3.63) is 28.2 Å². The van der Waals surface area contributed by atoms with Crippen molar-refractivity contribution in [3.63, 3.8) is 0 Å². The Bertz CT molecular complexity index is 477. The van der Waals surface area contributed by atoms with Gasteiger partial charge in [0, 0.05) is 24.7 Å². The zero-order chi connectivity index (χ0) is 14.5. The van der Waals surface area contributed by atoms with E-state index in [9.17, 15) is 4.79 Å². The molecule has 21 heavy (non-hydrogen) atoms. The third-order valence-electron chi connectivity index (χ3n) is 3.20. The smallest absolute Gasteiger partial charge is 0.263 e. The van der Waals surface area contributed by atoms with E-state index in [-0.39, 0.29) is 18.3 Å². The zero-order valence-corrected chi connectivity index (χ0v) is 14.1. The first kappa shape index (κ1) is 18.4. The van der Waals surface area contributed by atoms with Crippen molar-refractivity contribution in [3.8, 4) is 5.75 Å². The molecule has 0 radical (unpaired) electrons. The SMILES string of the molecule is CC(Oc1ccc(Cl)cc1Cl)C(=O)N1CCCNCC1.Cl. The van der Waals surface area contributed by atoms with Crippen molar-refractivity contribution in [1.82, 2.24) is 10.2 Å². The van der Waals surface area contributed by atoms with Crippen molar-refractivity contribution >= 4 is 41.5 Å². The highest BCUT2D eigenvalue weighted by Gasteiger charge is 2.23. The van der Waals surface area contributed by atoms with Crippen LogP contribution in [0.1, 0.15) is 13.3 Å². The highest BCUT2D eigenvalue weighted by atomic mass is 35.5. The van der Waals surface area contributed by atoms with Crippen LogP contribution in [0.3, 0.4) is 0 Å². The molecule has 1 N–H and O–H groups in total. The van der Waals surface area contributed by atoms with Crippen LogP contribution in [-0.2, 0) is 4.79 Å². The standard InChI is InChI=1S/C14H18Cl2N2O2.ClH/c1-10(14(19)18-7-2-5-17-6-8-18)20-13-4-3-11(15)9-12(13)16;/h3-4,9-10,17H,2,5-8H2,1H3;1H. The number of amides is 1. The lowest BCUT2D eigenvalue weighted by atomic mass is 10.3. The van der Waals surface area contributed by atoms with Crippen LogP contribution in [0.25, 0.3) is 0 Å². The second kappa shape index (κ2) is 8.69. The van der Waals surface area contributed by atoms with Crippen LogP contribution < -0.4 is 10.1 Å². The van der Waals surface area contributed by atoms with Crippen LogP contribution in [0.4, 0.5) is 0 Å². The van der Waals surface area contributed by atoms with E-state index in [2.05, 4.69) is 5.32 Å². The summed E-state index contributed by atoms with van der Waals surface area (Å²) >= 11 is 11.9. The van der Waals surface area contributed by atoms with Gasteiger partial charge in [0.15, 0.2) is 6.10 Å². The van der Waals surface area contributed by atoms with E-state index in [1.807, 2.05) is 4.90 Å². The van der Waals surface area contributed by atoms with E-state index in [0.29, 0.717) is 22.3 Å². The number of nitrogens with zero attached hydrogens (tertiary/aromatic N) is 1. The van der Waals surface area contributed by atoms with Gasteiger partial charge in [-0.3, -0.25) is 4.79 Å². The molecule has 1 aliphatic rings. The topological polar surface area (TPSA) is 41.6 Å². The van der Waals surface area contributed by atoms with Gasteiger partial charge in [0.25, 0.3) is 5.91 Å². The van der Waals surface area contributed by atoms with Crippen LogP contribution in [-0.4, -0.2) is 43.1 Å². The highest BCUT2D eigenvalue weighted by molar-refractivity contribution is 6.35. The van der Waals surface area contributed by atoms with E-state index in [1.54, 1.807) is 25.1 Å². The molecule has 0 aromatic heterocycles. The molecule has 7 heteroatoms. The Morgan fingerprint density at radius 3 is 2.81 bits per heavy atom. The number of halogens is 3. The molecular formula is C14H19Cl3N2O2. The predicted molar refractivity (Wildman–Crippen MR) is 87.9 cm³/mol. The van der Waals surface area contributed by atoms with Crippen LogP contribution in [0.2, 0.25) is 10.0 Å². The summed E-state index contributed by atoms with van der Waals surface area (Å²) in [5.74, 6) is 0.463. The average Bonchev–Trinajstić information content (AvgIpc) is 2.70. The number of ether oxygens (including phenoxy) is 1. The van der Waals surface area contributed by atoms with Gasteiger partial charge in [-0.25, -0.2) is 0 Å². The lowest BCUT2D eigenvalue weighted by molar-refractivity contribution is -0.137. The Hall–Kier alpha value is -0.680. The summed E-state index contributed by atoms with van der Waals surface area (Å²) < 4.78 is 5.65. The summed E-state index contributed by atoms with van der Waals surface area (Å²) in [5, 5.41) is 4.22. The highest BCUT2D eigenvalue weighted by Crippen LogP contribution is 2.28. The molecule has 1 amide bonds. The maximum Gasteiger partial charge on any atom is 0.263 e. The van der Waals surface area contributed by atoms with Gasteiger partial charge >= 0.3 is 0 Å². The second-order valence-electron chi connectivity index (χ2n) is 4.76. The monoisotopic (exact) mass is 352 g/mol. The first-order valence-electron chi connectivity index (χ1n) is 6.69. The minimum atomic E-state index is -0.563. The van der Waals surface area contributed by atoms with Gasteiger partial charge in [0.2, 0.25) is 0 Å². The predicted octanol–water partition coefficient (Wildman–Crippen LogP) is 3.00. The number of benzene rings is 1. The quantitative estimate of drug-likeness (QED) is 0.908. The Morgan fingerprint density at radius 2 is 2.10 bits per heavy atom. The summed E-state index contributed by atoms with van der Waals surface area (Å²) in [6.07, 6.45) is 0.395. The Labute approximate surface area is 141 Å². The van der Waals surface area contributed by atoms with Crippen molar-refractivity contribution in [2.45, 2.75) is 19.4 Å². The second-order valence-corrected chi connectivity index (χ2v) is 5.61. The van der Waals surface area contributed by atoms with Gasteiger partial charge in [-0.1, -0.05) is 23.2 Å². The Kier molecular flexibility index (Phi) is 7.60. The summed E-state index contributed by atoms with van der Waals surface area (Å²) in [5.41, 5.74) is 0. The lowest BCUT2D eigenvalue weighted by Gasteiger charge is -2.24. The van der Waals surface area contributed by atoms with E-state index in [1.165, 1.54) is 0 Å². The molecule has 0 bridgehead atoms. The molecule has 2 rings (SSSR count). The van der Waals surface area contributed by atoms with E-state index in [4.69, 9.17) is 27.9 Å². The summed E-state index contributed by atoms with van der Waals surface area (Å²) in [4.78, 5) is 14.2. The van der Waals surface area contributed by atoms with Crippen molar-refractivity contribution in [2.24, 2.45) is 0 Å². The molecule has 0 spiro atoms. The van der Waals surface area contributed by atoms with Crippen LogP contribution in [0.15, 0.2) is 18.2 Å². The fraction of sp³-hybridized carbons (Fsp3) is 0.500. The summed E-state index contributed by atoms with van der Waals surface area (Å²) in [6.45, 7) is 4.97. The van der Waals surface area contributed by atoms with Gasteiger partial charge in [-0.2, -0.15) is 0 Å². The minimum absolute atomic E-state index is 0. The molecule has 1 aromatic carbocycles. The van der Waals surface area contributed by atoms with Crippen LogP contribution in [0.5, 0.6) is 5.75 Å². The number of hydrogen-bond donors (Lipinski definition) is 1. The lowest BCUT2D eigenvalue weighted by Crippen LogP contribution is -2.42. The molecule has 1 unspecified atom stereocenters. The molecule has 118 valence electrons. The Balaban J connectivity index is 0.00000220. The maximum atomic E-state index is 12.3.